The van der Waals surface area contributed by atoms with Gasteiger partial charge in [-0.2, -0.15) is 0 Å². The van der Waals surface area contributed by atoms with E-state index >= 15 is 0 Å². The molecule has 2 heterocycles. The fourth-order valence-corrected chi connectivity index (χ4v) is 3.65. The quantitative estimate of drug-likeness (QED) is 0.852. The molecule has 0 bridgehead atoms. The van der Waals surface area contributed by atoms with Crippen LogP contribution in [0.2, 0.25) is 0 Å². The summed E-state index contributed by atoms with van der Waals surface area (Å²) >= 11 is 1.22. The van der Waals surface area contributed by atoms with Gasteiger partial charge >= 0.3 is 12.0 Å². The van der Waals surface area contributed by atoms with E-state index in [1.165, 1.54) is 30.6 Å². The molecule has 0 aliphatic carbocycles. The number of nitrogens with zero attached hydrogens (tertiary/aromatic N) is 1. The number of halogens is 1. The van der Waals surface area contributed by atoms with Crippen molar-refractivity contribution in [3.8, 4) is 0 Å². The second-order valence-corrected chi connectivity index (χ2v) is 6.40. The molecule has 7 heteroatoms. The van der Waals surface area contributed by atoms with E-state index in [2.05, 4.69) is 5.32 Å². The Hall–Kier alpha value is -2.41. The molecule has 3 rings (SSSR count). The van der Waals surface area contributed by atoms with Crippen LogP contribution in [0.5, 0.6) is 0 Å². The highest BCUT2D eigenvalue weighted by atomic mass is 32.1. The fourth-order valence-electron chi connectivity index (χ4n) is 2.89. The fraction of sp³-hybridized carbons (Fsp3) is 0.294. The van der Waals surface area contributed by atoms with Gasteiger partial charge in [-0.1, -0.05) is 12.1 Å². The average Bonchev–Trinajstić information content (AvgIpc) is 3.24. The summed E-state index contributed by atoms with van der Waals surface area (Å²) < 4.78 is 17.8. The highest BCUT2D eigenvalue weighted by Crippen LogP contribution is 2.33. The molecule has 126 valence electrons. The molecule has 1 aromatic heterocycles. The molecular formula is C17H17FN2O3S. The van der Waals surface area contributed by atoms with Gasteiger partial charge in [-0.15, -0.1) is 11.3 Å². The Morgan fingerprint density at radius 1 is 1.29 bits per heavy atom. The van der Waals surface area contributed by atoms with Crippen LogP contribution in [0.25, 0.3) is 0 Å². The zero-order chi connectivity index (χ0) is 17.1. The van der Waals surface area contributed by atoms with Gasteiger partial charge < -0.3 is 15.0 Å². The Morgan fingerprint density at radius 2 is 2.04 bits per heavy atom. The van der Waals surface area contributed by atoms with E-state index in [0.717, 1.165) is 18.4 Å². The molecule has 1 fully saturated rings. The molecule has 1 aliphatic heterocycles. The molecule has 0 saturated carbocycles. The Labute approximate surface area is 143 Å². The van der Waals surface area contributed by atoms with E-state index < -0.39 is 5.97 Å². The number of carbonyl (C=O) groups excluding carboxylic acids is 2. The van der Waals surface area contributed by atoms with Gasteiger partial charge in [0.25, 0.3) is 0 Å². The topological polar surface area (TPSA) is 58.6 Å². The average molecular weight is 348 g/mol. The van der Waals surface area contributed by atoms with E-state index in [0.29, 0.717) is 17.1 Å². The van der Waals surface area contributed by atoms with Crippen molar-refractivity contribution in [2.75, 3.05) is 19.0 Å². The number of likely N-dealkylation sites (tertiary alicyclic amines) is 1. The first kappa shape index (κ1) is 16.4. The molecule has 0 radical (unpaired) electrons. The second kappa shape index (κ2) is 7.00. The van der Waals surface area contributed by atoms with Crippen molar-refractivity contribution in [1.29, 1.82) is 0 Å². The van der Waals surface area contributed by atoms with Crippen LogP contribution in [-0.4, -0.2) is 30.6 Å². The first-order chi connectivity index (χ1) is 11.6. The van der Waals surface area contributed by atoms with Gasteiger partial charge in [0.05, 0.1) is 18.8 Å². The van der Waals surface area contributed by atoms with Crippen LogP contribution in [0.3, 0.4) is 0 Å². The SMILES string of the molecule is COC(=O)c1sccc1NC(=O)N1CCC[C@@H]1c1ccc(F)cc1. The maximum Gasteiger partial charge on any atom is 0.350 e. The minimum absolute atomic E-state index is 0.0918. The summed E-state index contributed by atoms with van der Waals surface area (Å²) in [6.45, 7) is 0.617. The number of rotatable bonds is 3. The number of carbonyl (C=O) groups is 2. The first-order valence-electron chi connectivity index (χ1n) is 7.59. The van der Waals surface area contributed by atoms with Crippen molar-refractivity contribution in [3.05, 3.63) is 52.0 Å². The number of thiophene rings is 1. The number of amides is 2. The zero-order valence-corrected chi connectivity index (χ0v) is 13.9. The zero-order valence-electron chi connectivity index (χ0n) is 13.1. The summed E-state index contributed by atoms with van der Waals surface area (Å²) in [6, 6.07) is 7.52. The smallest absolute Gasteiger partial charge is 0.350 e. The monoisotopic (exact) mass is 348 g/mol. The number of methoxy groups -OCH3 is 1. The van der Waals surface area contributed by atoms with E-state index in [1.54, 1.807) is 28.5 Å². The van der Waals surface area contributed by atoms with E-state index in [-0.39, 0.29) is 17.9 Å². The molecule has 0 unspecified atom stereocenters. The minimum Gasteiger partial charge on any atom is -0.465 e. The lowest BCUT2D eigenvalue weighted by Gasteiger charge is -2.25. The molecular weight excluding hydrogens is 331 g/mol. The summed E-state index contributed by atoms with van der Waals surface area (Å²) in [7, 11) is 1.30. The standard InChI is InChI=1S/C17H17FN2O3S/c1-23-16(21)15-13(8-10-24-15)19-17(22)20-9-2-3-14(20)11-4-6-12(18)7-5-11/h4-8,10,14H,2-3,9H2,1H3,(H,19,22)/t14-/m1/s1. The van der Waals surface area contributed by atoms with E-state index in [1.807, 2.05) is 0 Å². The highest BCUT2D eigenvalue weighted by molar-refractivity contribution is 7.12. The molecule has 1 atom stereocenters. The van der Waals surface area contributed by atoms with Crippen LogP contribution >= 0.6 is 11.3 Å². The third-order valence-corrected chi connectivity index (χ3v) is 4.94. The highest BCUT2D eigenvalue weighted by Gasteiger charge is 2.30. The van der Waals surface area contributed by atoms with Crippen LogP contribution in [0.4, 0.5) is 14.9 Å². The summed E-state index contributed by atoms with van der Waals surface area (Å²) in [4.78, 5) is 26.4. The number of urea groups is 1. The van der Waals surface area contributed by atoms with Crippen LogP contribution in [-0.2, 0) is 4.74 Å². The van der Waals surface area contributed by atoms with Crippen molar-refractivity contribution in [1.82, 2.24) is 4.90 Å². The Bertz CT molecular complexity index is 745. The molecule has 24 heavy (non-hydrogen) atoms. The molecule has 2 amide bonds. The van der Waals surface area contributed by atoms with Gasteiger partial charge in [-0.3, -0.25) is 0 Å². The third kappa shape index (κ3) is 3.26. The molecule has 1 aromatic carbocycles. The Morgan fingerprint density at radius 3 is 2.75 bits per heavy atom. The predicted octanol–water partition coefficient (Wildman–Crippen LogP) is 4.04. The Balaban J connectivity index is 1.76. The summed E-state index contributed by atoms with van der Waals surface area (Å²) in [6.07, 6.45) is 1.70. The summed E-state index contributed by atoms with van der Waals surface area (Å²) in [5, 5.41) is 4.51. The molecule has 5 nitrogen and oxygen atoms in total. The lowest BCUT2D eigenvalue weighted by molar-refractivity contribution is 0.0607. The number of hydrogen-bond donors (Lipinski definition) is 1. The lowest BCUT2D eigenvalue weighted by Crippen LogP contribution is -2.34. The minimum atomic E-state index is -0.475. The van der Waals surface area contributed by atoms with Gasteiger partial charge in [-0.05, 0) is 42.0 Å². The van der Waals surface area contributed by atoms with Gasteiger partial charge in [0.2, 0.25) is 0 Å². The largest absolute Gasteiger partial charge is 0.465 e. The van der Waals surface area contributed by atoms with Gasteiger partial charge in [0.15, 0.2) is 0 Å². The number of esters is 1. The van der Waals surface area contributed by atoms with Crippen LogP contribution in [0.1, 0.15) is 34.1 Å². The lowest BCUT2D eigenvalue weighted by atomic mass is 10.0. The maximum absolute atomic E-state index is 13.1. The van der Waals surface area contributed by atoms with E-state index in [9.17, 15) is 14.0 Å². The first-order valence-corrected chi connectivity index (χ1v) is 8.47. The Kier molecular flexibility index (Phi) is 4.80. The molecule has 1 saturated heterocycles. The second-order valence-electron chi connectivity index (χ2n) is 5.49. The van der Waals surface area contributed by atoms with Crippen LogP contribution in [0.15, 0.2) is 35.7 Å². The van der Waals surface area contributed by atoms with Crippen molar-refractivity contribution in [3.63, 3.8) is 0 Å². The van der Waals surface area contributed by atoms with Crippen molar-refractivity contribution < 1.29 is 18.7 Å². The summed E-state index contributed by atoms with van der Waals surface area (Å²) in [5.74, 6) is -0.773. The van der Waals surface area contributed by atoms with Gasteiger partial charge in [0.1, 0.15) is 10.7 Å². The van der Waals surface area contributed by atoms with E-state index in [4.69, 9.17) is 4.74 Å². The molecule has 0 spiro atoms. The number of hydrogen-bond acceptors (Lipinski definition) is 4. The predicted molar refractivity (Wildman–Crippen MR) is 89.8 cm³/mol. The van der Waals surface area contributed by atoms with Gasteiger partial charge in [-0.25, -0.2) is 14.0 Å². The maximum atomic E-state index is 13.1. The number of nitrogens with one attached hydrogen (secondary N) is 1. The van der Waals surface area contributed by atoms with Crippen LogP contribution < -0.4 is 5.32 Å². The van der Waals surface area contributed by atoms with Gasteiger partial charge in [0, 0.05) is 6.54 Å². The van der Waals surface area contributed by atoms with Crippen molar-refractivity contribution in [2.24, 2.45) is 0 Å². The number of anilines is 1. The van der Waals surface area contributed by atoms with Crippen molar-refractivity contribution >= 4 is 29.0 Å². The molecule has 1 N–H and O–H groups in total. The normalized spacial score (nSPS) is 16.9. The van der Waals surface area contributed by atoms with Crippen LogP contribution in [0, 0.1) is 5.82 Å². The van der Waals surface area contributed by atoms with Crippen molar-refractivity contribution in [2.45, 2.75) is 18.9 Å². The molecule has 2 aromatic rings. The number of benzene rings is 1. The summed E-state index contributed by atoms with van der Waals surface area (Å²) in [5.41, 5.74) is 1.35. The number of ether oxygens (including phenoxy) is 1. The third-order valence-electron chi connectivity index (χ3n) is 4.05. The molecule has 1 aliphatic rings.